The zero-order valence-electron chi connectivity index (χ0n) is 15.5. The van der Waals surface area contributed by atoms with Crippen molar-refractivity contribution in [3.05, 3.63) is 47.0 Å². The summed E-state index contributed by atoms with van der Waals surface area (Å²) in [7, 11) is 1.65. The molecule has 1 unspecified atom stereocenters. The molecule has 1 aromatic heterocycles. The van der Waals surface area contributed by atoms with Crippen molar-refractivity contribution in [2.75, 3.05) is 18.7 Å². The molecule has 2 heterocycles. The molecule has 138 valence electrons. The summed E-state index contributed by atoms with van der Waals surface area (Å²) in [6, 6.07) is 6.30. The number of aromatic amines is 1. The smallest absolute Gasteiger partial charge is 0.153 e. The minimum absolute atomic E-state index is 0.498. The first-order valence-corrected chi connectivity index (χ1v) is 9.71. The lowest BCUT2D eigenvalue weighted by Crippen LogP contribution is -2.49. The molecule has 0 saturated heterocycles. The minimum atomic E-state index is 0.498. The standard InChI is InChI=1S/C20H25ClN4O/c1-4-18(13-6-7-13)25-20-19(22-12-23-20)16(11-24(25)5-2)15-9-8-14(26-3)10-17(15)21/h8-13,18H,4-7H2,1-3H3,(H,22,23). The summed E-state index contributed by atoms with van der Waals surface area (Å²) in [4.78, 5) is 8.01. The summed E-state index contributed by atoms with van der Waals surface area (Å²) < 4.78 is 5.29. The fourth-order valence-corrected chi connectivity index (χ4v) is 4.16. The van der Waals surface area contributed by atoms with E-state index in [-0.39, 0.29) is 0 Å². The minimum Gasteiger partial charge on any atom is -0.497 e. The number of methoxy groups -OCH3 is 1. The van der Waals surface area contributed by atoms with Crippen LogP contribution >= 0.6 is 11.6 Å². The molecule has 1 N–H and O–H groups in total. The lowest BCUT2D eigenvalue weighted by molar-refractivity contribution is 0.290. The summed E-state index contributed by atoms with van der Waals surface area (Å²) in [5.74, 6) is 2.59. The molecule has 26 heavy (non-hydrogen) atoms. The van der Waals surface area contributed by atoms with E-state index in [1.54, 1.807) is 13.4 Å². The van der Waals surface area contributed by atoms with Gasteiger partial charge in [-0.3, -0.25) is 10.0 Å². The Morgan fingerprint density at radius 3 is 2.77 bits per heavy atom. The highest BCUT2D eigenvalue weighted by Crippen LogP contribution is 2.44. The average Bonchev–Trinajstić information content (AvgIpc) is 3.37. The Balaban J connectivity index is 1.79. The zero-order valence-corrected chi connectivity index (χ0v) is 16.3. The number of H-pyrrole nitrogens is 1. The van der Waals surface area contributed by atoms with Crippen LogP contribution in [0.5, 0.6) is 5.75 Å². The molecule has 2 aliphatic rings. The molecular formula is C20H25ClN4O. The number of hydrazine groups is 1. The van der Waals surface area contributed by atoms with Crippen molar-refractivity contribution in [2.24, 2.45) is 5.92 Å². The van der Waals surface area contributed by atoms with E-state index in [4.69, 9.17) is 16.3 Å². The topological polar surface area (TPSA) is 44.4 Å². The Morgan fingerprint density at radius 1 is 1.35 bits per heavy atom. The number of benzene rings is 1. The van der Waals surface area contributed by atoms with E-state index in [2.05, 4.69) is 40.0 Å². The molecule has 4 rings (SSSR count). The van der Waals surface area contributed by atoms with Gasteiger partial charge in [0.1, 0.15) is 11.4 Å². The Kier molecular flexibility index (Phi) is 4.57. The summed E-state index contributed by atoms with van der Waals surface area (Å²) in [6.45, 7) is 5.34. The van der Waals surface area contributed by atoms with Crippen LogP contribution in [-0.2, 0) is 0 Å². The number of hydrogen-bond acceptors (Lipinski definition) is 4. The molecule has 1 atom stereocenters. The lowest BCUT2D eigenvalue weighted by atomic mass is 10.0. The Hall–Kier alpha value is -2.14. The number of fused-ring (bicyclic) bond motifs is 1. The van der Waals surface area contributed by atoms with Crippen LogP contribution in [0.15, 0.2) is 30.7 Å². The highest BCUT2D eigenvalue weighted by Gasteiger charge is 2.39. The lowest BCUT2D eigenvalue weighted by Gasteiger charge is -2.43. The highest BCUT2D eigenvalue weighted by atomic mass is 35.5. The Morgan fingerprint density at radius 2 is 2.15 bits per heavy atom. The van der Waals surface area contributed by atoms with Crippen molar-refractivity contribution in [1.29, 1.82) is 0 Å². The summed E-state index contributed by atoms with van der Waals surface area (Å²) in [5, 5.41) is 5.37. The predicted octanol–water partition coefficient (Wildman–Crippen LogP) is 4.71. The van der Waals surface area contributed by atoms with Gasteiger partial charge in [0, 0.05) is 23.9 Å². The van der Waals surface area contributed by atoms with Gasteiger partial charge in [-0.25, -0.2) is 4.98 Å². The first-order chi connectivity index (χ1) is 12.7. The maximum atomic E-state index is 6.56. The molecule has 1 aliphatic heterocycles. The quantitative estimate of drug-likeness (QED) is 0.797. The monoisotopic (exact) mass is 372 g/mol. The third-order valence-corrected chi connectivity index (χ3v) is 5.66. The first-order valence-electron chi connectivity index (χ1n) is 9.33. The largest absolute Gasteiger partial charge is 0.497 e. The van der Waals surface area contributed by atoms with Crippen molar-refractivity contribution in [3.8, 4) is 5.75 Å². The molecule has 1 saturated carbocycles. The molecule has 1 aliphatic carbocycles. The van der Waals surface area contributed by atoms with Crippen LogP contribution in [-0.4, -0.2) is 34.7 Å². The number of aromatic nitrogens is 2. The fraction of sp³-hybridized carbons (Fsp3) is 0.450. The number of ether oxygens (including phenoxy) is 1. The fourth-order valence-electron chi connectivity index (χ4n) is 3.89. The molecule has 0 bridgehead atoms. The van der Waals surface area contributed by atoms with Crippen LogP contribution in [0.4, 0.5) is 5.82 Å². The van der Waals surface area contributed by atoms with Crippen LogP contribution in [0.1, 0.15) is 44.4 Å². The van der Waals surface area contributed by atoms with E-state index in [0.29, 0.717) is 11.1 Å². The van der Waals surface area contributed by atoms with Crippen LogP contribution in [0.2, 0.25) is 5.02 Å². The second kappa shape index (κ2) is 6.88. The van der Waals surface area contributed by atoms with Crippen LogP contribution in [0.25, 0.3) is 5.57 Å². The maximum Gasteiger partial charge on any atom is 0.153 e. The normalized spacial score (nSPS) is 17.8. The van der Waals surface area contributed by atoms with Gasteiger partial charge in [-0.2, -0.15) is 0 Å². The molecule has 0 spiro atoms. The van der Waals surface area contributed by atoms with Crippen molar-refractivity contribution < 1.29 is 4.74 Å². The van der Waals surface area contributed by atoms with Gasteiger partial charge in [-0.15, -0.1) is 0 Å². The second-order valence-corrected chi connectivity index (χ2v) is 7.31. The average molecular weight is 373 g/mol. The number of imidazole rings is 1. The maximum absolute atomic E-state index is 6.56. The van der Waals surface area contributed by atoms with Crippen LogP contribution in [0.3, 0.4) is 0 Å². The Labute approximate surface area is 159 Å². The molecule has 0 amide bonds. The van der Waals surface area contributed by atoms with E-state index in [1.165, 1.54) is 12.8 Å². The van der Waals surface area contributed by atoms with E-state index < -0.39 is 0 Å². The van der Waals surface area contributed by atoms with Crippen molar-refractivity contribution in [1.82, 2.24) is 15.0 Å². The van der Waals surface area contributed by atoms with Gasteiger partial charge in [-0.05, 0) is 50.3 Å². The van der Waals surface area contributed by atoms with Gasteiger partial charge in [0.05, 0.1) is 24.5 Å². The number of anilines is 1. The Bertz CT molecular complexity index is 827. The van der Waals surface area contributed by atoms with Crippen molar-refractivity contribution in [3.63, 3.8) is 0 Å². The number of nitrogens with zero attached hydrogens (tertiary/aromatic N) is 3. The van der Waals surface area contributed by atoms with E-state index >= 15 is 0 Å². The van der Waals surface area contributed by atoms with Crippen LogP contribution < -0.4 is 9.75 Å². The number of nitrogens with one attached hydrogen (secondary N) is 1. The summed E-state index contributed by atoms with van der Waals surface area (Å²) >= 11 is 6.56. The van der Waals surface area contributed by atoms with Crippen molar-refractivity contribution >= 4 is 23.0 Å². The van der Waals surface area contributed by atoms with Gasteiger partial charge >= 0.3 is 0 Å². The number of hydrogen-bond donors (Lipinski definition) is 1. The highest BCUT2D eigenvalue weighted by molar-refractivity contribution is 6.32. The van der Waals surface area contributed by atoms with Gasteiger partial charge < -0.3 is 9.72 Å². The third kappa shape index (κ3) is 2.84. The van der Waals surface area contributed by atoms with Gasteiger partial charge in [0.2, 0.25) is 0 Å². The summed E-state index contributed by atoms with van der Waals surface area (Å²) in [5.41, 5.74) is 2.97. The van der Waals surface area contributed by atoms with Crippen LogP contribution in [0, 0.1) is 5.92 Å². The van der Waals surface area contributed by atoms with Crippen molar-refractivity contribution in [2.45, 2.75) is 39.2 Å². The molecule has 0 radical (unpaired) electrons. The molecule has 1 fully saturated rings. The number of rotatable bonds is 6. The second-order valence-electron chi connectivity index (χ2n) is 6.90. The first kappa shape index (κ1) is 17.3. The molecule has 6 heteroatoms. The van der Waals surface area contributed by atoms with E-state index in [0.717, 1.165) is 47.3 Å². The predicted molar refractivity (Wildman–Crippen MR) is 105 cm³/mol. The van der Waals surface area contributed by atoms with Gasteiger partial charge in [0.25, 0.3) is 0 Å². The molecule has 1 aromatic carbocycles. The van der Waals surface area contributed by atoms with E-state index in [1.807, 2.05) is 18.2 Å². The van der Waals surface area contributed by atoms with E-state index in [9.17, 15) is 0 Å². The molecular weight excluding hydrogens is 348 g/mol. The molecule has 5 nitrogen and oxygen atoms in total. The number of halogens is 1. The van der Waals surface area contributed by atoms with Gasteiger partial charge in [-0.1, -0.05) is 18.5 Å². The summed E-state index contributed by atoms with van der Waals surface area (Å²) in [6.07, 6.45) is 7.71. The zero-order chi connectivity index (χ0) is 18.3. The molecule has 2 aromatic rings. The third-order valence-electron chi connectivity index (χ3n) is 5.35. The van der Waals surface area contributed by atoms with Gasteiger partial charge in [0.15, 0.2) is 5.82 Å². The SMILES string of the molecule is CCC(C1CC1)N1c2[nH]cnc2C(c2ccc(OC)cc2Cl)=CN1CC.